The van der Waals surface area contributed by atoms with Crippen LogP contribution in [0.3, 0.4) is 0 Å². The Labute approximate surface area is 120 Å². The van der Waals surface area contributed by atoms with Gasteiger partial charge in [-0.05, 0) is 12.1 Å². The summed E-state index contributed by atoms with van der Waals surface area (Å²) in [5.74, 6) is 1.44. The van der Waals surface area contributed by atoms with E-state index in [1.807, 2.05) is 24.3 Å². The van der Waals surface area contributed by atoms with E-state index in [0.717, 1.165) is 25.7 Å². The van der Waals surface area contributed by atoms with Crippen LogP contribution in [0.5, 0.6) is 11.5 Å². The molecule has 0 unspecified atom stereocenters. The molecule has 2 aromatic carbocycles. The minimum absolute atomic E-state index is 0.712. The van der Waals surface area contributed by atoms with Crippen LogP contribution in [0.1, 0.15) is 0 Å². The number of fused-ring (bicyclic) bond motifs is 2. The predicted molar refractivity (Wildman–Crippen MR) is 83.3 cm³/mol. The van der Waals surface area contributed by atoms with E-state index in [1.54, 1.807) is 25.6 Å². The summed E-state index contributed by atoms with van der Waals surface area (Å²) in [6.45, 7) is 0. The molecule has 1 heterocycles. The highest BCUT2D eigenvalue weighted by Gasteiger charge is 2.09. The molecule has 19 heavy (non-hydrogen) atoms. The Kier molecular flexibility index (Phi) is 3.12. The first-order valence-electron chi connectivity index (χ1n) is 5.82. The summed E-state index contributed by atoms with van der Waals surface area (Å²) in [5, 5.41) is 2.15. The third kappa shape index (κ3) is 1.97. The molecule has 0 radical (unpaired) electrons. The molecule has 2 nitrogen and oxygen atoms in total. The third-order valence-corrected chi connectivity index (χ3v) is 4.66. The van der Waals surface area contributed by atoms with Crippen molar-refractivity contribution < 1.29 is 9.47 Å². The van der Waals surface area contributed by atoms with E-state index < -0.39 is 0 Å². The zero-order valence-corrected chi connectivity index (χ0v) is 12.2. The summed E-state index contributed by atoms with van der Waals surface area (Å²) >= 11 is 7.30. The molecule has 3 aromatic rings. The topological polar surface area (TPSA) is 18.5 Å². The van der Waals surface area contributed by atoms with Gasteiger partial charge in [0.05, 0.1) is 18.7 Å². The Morgan fingerprint density at radius 1 is 0.895 bits per heavy atom. The SMILES string of the molecule is COc1cc2sc3ccccc3c(=S)c2cc1OC. The zero-order chi connectivity index (χ0) is 13.4. The summed E-state index contributed by atoms with van der Waals surface area (Å²) in [6, 6.07) is 12.1. The van der Waals surface area contributed by atoms with Crippen molar-refractivity contribution in [3.63, 3.8) is 0 Å². The van der Waals surface area contributed by atoms with Crippen molar-refractivity contribution in [3.8, 4) is 11.5 Å². The smallest absolute Gasteiger partial charge is 0.162 e. The Morgan fingerprint density at radius 2 is 1.58 bits per heavy atom. The fourth-order valence-corrected chi connectivity index (χ4v) is 3.71. The molecule has 0 fully saturated rings. The van der Waals surface area contributed by atoms with Crippen LogP contribution >= 0.6 is 23.6 Å². The molecule has 1 aromatic heterocycles. The van der Waals surface area contributed by atoms with E-state index >= 15 is 0 Å². The number of rotatable bonds is 2. The van der Waals surface area contributed by atoms with E-state index in [1.165, 1.54) is 4.70 Å². The van der Waals surface area contributed by atoms with E-state index in [0.29, 0.717) is 5.75 Å². The maximum Gasteiger partial charge on any atom is 0.162 e. The van der Waals surface area contributed by atoms with Crippen LogP contribution in [0.15, 0.2) is 36.4 Å². The molecular formula is C15H12O2S2. The van der Waals surface area contributed by atoms with Crippen molar-refractivity contribution in [2.24, 2.45) is 0 Å². The standard InChI is InChI=1S/C15H12O2S2/c1-16-11-7-10-14(8-12(11)17-2)19-13-6-4-3-5-9(13)15(10)18/h3-8H,1-2H3. The number of ether oxygens (including phenoxy) is 2. The van der Waals surface area contributed by atoms with Crippen LogP contribution in [-0.4, -0.2) is 14.2 Å². The fourth-order valence-electron chi connectivity index (χ4n) is 2.13. The highest BCUT2D eigenvalue weighted by Crippen LogP contribution is 2.37. The Bertz CT molecular complexity index is 821. The highest BCUT2D eigenvalue weighted by atomic mass is 32.1. The molecule has 0 aliphatic heterocycles. The van der Waals surface area contributed by atoms with Gasteiger partial charge in [-0.25, -0.2) is 0 Å². The molecule has 3 rings (SSSR count). The first kappa shape index (κ1) is 12.4. The van der Waals surface area contributed by atoms with Crippen molar-refractivity contribution in [1.82, 2.24) is 0 Å². The maximum atomic E-state index is 5.59. The summed E-state index contributed by atoms with van der Waals surface area (Å²) in [7, 11) is 3.28. The van der Waals surface area contributed by atoms with Gasteiger partial charge in [-0.3, -0.25) is 0 Å². The highest BCUT2D eigenvalue weighted by molar-refractivity contribution is 7.72. The van der Waals surface area contributed by atoms with E-state index in [-0.39, 0.29) is 0 Å². The van der Waals surface area contributed by atoms with Crippen LogP contribution in [0, 0.1) is 4.51 Å². The van der Waals surface area contributed by atoms with Gasteiger partial charge in [0.25, 0.3) is 0 Å². The van der Waals surface area contributed by atoms with Gasteiger partial charge in [0, 0.05) is 26.2 Å². The van der Waals surface area contributed by atoms with E-state index in [2.05, 4.69) is 12.1 Å². The summed E-state index contributed by atoms with van der Waals surface area (Å²) in [6.07, 6.45) is 0. The van der Waals surface area contributed by atoms with Crippen LogP contribution < -0.4 is 9.47 Å². The summed E-state index contributed by atoms with van der Waals surface area (Å²) in [4.78, 5) is 0. The minimum Gasteiger partial charge on any atom is -0.493 e. The molecule has 0 saturated heterocycles. The molecule has 0 spiro atoms. The van der Waals surface area contributed by atoms with Crippen molar-refractivity contribution in [2.75, 3.05) is 14.2 Å². The monoisotopic (exact) mass is 288 g/mol. The zero-order valence-electron chi connectivity index (χ0n) is 10.6. The van der Waals surface area contributed by atoms with Crippen molar-refractivity contribution in [3.05, 3.63) is 40.9 Å². The molecule has 96 valence electrons. The maximum absolute atomic E-state index is 5.59. The lowest BCUT2D eigenvalue weighted by molar-refractivity contribution is 0.356. The van der Waals surface area contributed by atoms with Gasteiger partial charge in [-0.1, -0.05) is 30.4 Å². The van der Waals surface area contributed by atoms with Gasteiger partial charge in [0.15, 0.2) is 11.5 Å². The van der Waals surface area contributed by atoms with Gasteiger partial charge in [-0.15, -0.1) is 11.3 Å². The van der Waals surface area contributed by atoms with Gasteiger partial charge in [0.1, 0.15) is 0 Å². The molecule has 0 bridgehead atoms. The molecule has 0 aliphatic carbocycles. The molecule has 0 atom stereocenters. The van der Waals surface area contributed by atoms with E-state index in [9.17, 15) is 0 Å². The molecule has 0 aliphatic rings. The predicted octanol–water partition coefficient (Wildman–Crippen LogP) is 4.80. The van der Waals surface area contributed by atoms with Crippen molar-refractivity contribution >= 4 is 43.7 Å². The van der Waals surface area contributed by atoms with Crippen LogP contribution in [0.4, 0.5) is 0 Å². The second kappa shape index (κ2) is 4.79. The fraction of sp³-hybridized carbons (Fsp3) is 0.133. The lowest BCUT2D eigenvalue weighted by Gasteiger charge is -2.09. The second-order valence-electron chi connectivity index (χ2n) is 4.13. The van der Waals surface area contributed by atoms with Crippen LogP contribution in [-0.2, 0) is 0 Å². The Hall–Kier alpha value is -1.65. The molecule has 0 amide bonds. The van der Waals surface area contributed by atoms with Gasteiger partial charge < -0.3 is 9.47 Å². The second-order valence-corrected chi connectivity index (χ2v) is 5.62. The molecule has 0 saturated carbocycles. The Morgan fingerprint density at radius 3 is 2.32 bits per heavy atom. The van der Waals surface area contributed by atoms with Gasteiger partial charge in [-0.2, -0.15) is 0 Å². The third-order valence-electron chi connectivity index (χ3n) is 3.08. The summed E-state index contributed by atoms with van der Waals surface area (Å²) in [5.41, 5.74) is 0. The number of hydrogen-bond donors (Lipinski definition) is 0. The first-order valence-corrected chi connectivity index (χ1v) is 7.04. The normalized spacial score (nSPS) is 10.8. The molecule has 0 N–H and O–H groups in total. The quantitative estimate of drug-likeness (QED) is 0.498. The minimum atomic E-state index is 0.712. The molecular weight excluding hydrogens is 276 g/mol. The average molecular weight is 288 g/mol. The number of methoxy groups -OCH3 is 2. The lowest BCUT2D eigenvalue weighted by atomic mass is 10.2. The average Bonchev–Trinajstić information content (AvgIpc) is 2.46. The van der Waals surface area contributed by atoms with Gasteiger partial charge >= 0.3 is 0 Å². The van der Waals surface area contributed by atoms with Crippen LogP contribution in [0.2, 0.25) is 0 Å². The van der Waals surface area contributed by atoms with Crippen molar-refractivity contribution in [2.45, 2.75) is 0 Å². The largest absolute Gasteiger partial charge is 0.493 e. The first-order chi connectivity index (χ1) is 9.24. The van der Waals surface area contributed by atoms with Crippen molar-refractivity contribution in [1.29, 1.82) is 0 Å². The van der Waals surface area contributed by atoms with Gasteiger partial charge in [0.2, 0.25) is 0 Å². The lowest BCUT2D eigenvalue weighted by Crippen LogP contribution is -1.90. The molecule has 4 heteroatoms. The van der Waals surface area contributed by atoms with Crippen LogP contribution in [0.25, 0.3) is 20.2 Å². The van der Waals surface area contributed by atoms with E-state index in [4.69, 9.17) is 21.7 Å². The Balaban J connectivity index is 2.48. The number of benzene rings is 2. The number of hydrogen-bond acceptors (Lipinski definition) is 4. The summed E-state index contributed by atoms with van der Waals surface area (Å²) < 4.78 is 13.9.